The molecule has 2 aromatic rings. The lowest BCUT2D eigenvalue weighted by Crippen LogP contribution is -1.93. The van der Waals surface area contributed by atoms with E-state index in [9.17, 15) is 4.79 Å². The average molecular weight is 330 g/mol. The molecule has 0 unspecified atom stereocenters. The second kappa shape index (κ2) is 6.54. The molecule has 0 saturated carbocycles. The number of rotatable bonds is 3. The topological polar surface area (TPSA) is 51.6 Å². The van der Waals surface area contributed by atoms with Crippen molar-refractivity contribution in [3.05, 3.63) is 40.9 Å². The zero-order valence-corrected chi connectivity index (χ0v) is 13.8. The highest BCUT2D eigenvalue weighted by Crippen LogP contribution is 2.33. The summed E-state index contributed by atoms with van der Waals surface area (Å²) >= 11 is 2.89. The van der Waals surface area contributed by atoms with Crippen molar-refractivity contribution in [3.63, 3.8) is 0 Å². The first-order valence-electron chi connectivity index (χ1n) is 6.79. The van der Waals surface area contributed by atoms with Crippen LogP contribution in [0.1, 0.15) is 12.5 Å². The Morgan fingerprint density at radius 1 is 1.36 bits per heavy atom. The Bertz CT molecular complexity index is 800. The van der Waals surface area contributed by atoms with E-state index in [2.05, 4.69) is 9.98 Å². The van der Waals surface area contributed by atoms with E-state index in [1.807, 2.05) is 43.5 Å². The Labute approximate surface area is 137 Å². The van der Waals surface area contributed by atoms with Crippen LogP contribution in [0.15, 0.2) is 40.4 Å². The molecular weight excluding hydrogens is 316 g/mol. The summed E-state index contributed by atoms with van der Waals surface area (Å²) in [6.07, 6.45) is 5.51. The third-order valence-electron chi connectivity index (χ3n) is 3.10. The second-order valence-electron chi connectivity index (χ2n) is 4.52. The van der Waals surface area contributed by atoms with Crippen molar-refractivity contribution in [2.24, 2.45) is 4.99 Å². The lowest BCUT2D eigenvalue weighted by Gasteiger charge is -2.07. The van der Waals surface area contributed by atoms with E-state index in [-0.39, 0.29) is 5.91 Å². The number of carbonyl (C=O) groups excluding carboxylic acids is 1. The molecule has 0 saturated heterocycles. The van der Waals surface area contributed by atoms with Gasteiger partial charge in [-0.15, -0.1) is 11.8 Å². The van der Waals surface area contributed by atoms with Gasteiger partial charge in [0.05, 0.1) is 17.0 Å². The lowest BCUT2D eigenvalue weighted by atomic mass is 10.1. The van der Waals surface area contributed by atoms with E-state index in [4.69, 9.17) is 4.74 Å². The summed E-state index contributed by atoms with van der Waals surface area (Å²) < 4.78 is 6.43. The van der Waals surface area contributed by atoms with E-state index < -0.39 is 0 Å². The number of nitrogens with zero attached hydrogens (tertiary/aromatic N) is 2. The Morgan fingerprint density at radius 3 is 2.95 bits per heavy atom. The molecular formula is C16H14N2O2S2. The van der Waals surface area contributed by atoms with Gasteiger partial charge >= 0.3 is 0 Å². The molecule has 0 N–H and O–H groups in total. The number of benzene rings is 1. The van der Waals surface area contributed by atoms with Crippen molar-refractivity contribution in [1.29, 1.82) is 0 Å². The highest BCUT2D eigenvalue weighted by Gasteiger charge is 2.21. The van der Waals surface area contributed by atoms with Crippen LogP contribution < -0.4 is 4.74 Å². The van der Waals surface area contributed by atoms with E-state index >= 15 is 0 Å². The molecule has 22 heavy (non-hydrogen) atoms. The van der Waals surface area contributed by atoms with E-state index in [0.717, 1.165) is 26.6 Å². The molecule has 0 spiro atoms. The van der Waals surface area contributed by atoms with Crippen molar-refractivity contribution >= 4 is 50.8 Å². The molecule has 1 aromatic carbocycles. The van der Waals surface area contributed by atoms with Gasteiger partial charge in [-0.2, -0.15) is 4.99 Å². The minimum Gasteiger partial charge on any atom is -0.493 e. The largest absolute Gasteiger partial charge is 0.493 e. The fourth-order valence-electron chi connectivity index (χ4n) is 2.14. The number of fused-ring (bicyclic) bond motifs is 1. The second-order valence-corrected chi connectivity index (χ2v) is 6.60. The highest BCUT2D eigenvalue weighted by atomic mass is 32.2. The Balaban J connectivity index is 1.99. The van der Waals surface area contributed by atoms with E-state index in [1.165, 1.54) is 23.5 Å². The zero-order valence-electron chi connectivity index (χ0n) is 12.2. The quantitative estimate of drug-likeness (QED) is 0.797. The standard InChI is InChI=1S/C16H14N2O2S2/c1-3-20-13-6-7-17-12-5-4-10(8-11(12)13)9-14-15(19)18-16(21-2)22-14/h4-9H,3H2,1-2H3/b14-9+. The molecule has 0 radical (unpaired) electrons. The molecule has 0 bridgehead atoms. The molecule has 1 aliphatic heterocycles. The van der Waals surface area contributed by atoms with Crippen LogP contribution in [-0.4, -0.2) is 28.1 Å². The van der Waals surface area contributed by atoms with Gasteiger partial charge in [0.1, 0.15) is 10.1 Å². The van der Waals surface area contributed by atoms with Gasteiger partial charge < -0.3 is 4.74 Å². The molecule has 1 aliphatic rings. The summed E-state index contributed by atoms with van der Waals surface area (Å²) in [5.74, 6) is 0.630. The molecule has 6 heteroatoms. The van der Waals surface area contributed by atoms with Crippen LogP contribution in [0.25, 0.3) is 17.0 Å². The molecule has 2 heterocycles. The van der Waals surface area contributed by atoms with Gasteiger partial charge in [0, 0.05) is 11.6 Å². The molecule has 0 fully saturated rings. The number of aromatic nitrogens is 1. The first-order valence-corrected chi connectivity index (χ1v) is 8.83. The molecule has 1 aromatic heterocycles. The highest BCUT2D eigenvalue weighted by molar-refractivity contribution is 8.40. The van der Waals surface area contributed by atoms with Gasteiger partial charge in [0.25, 0.3) is 5.91 Å². The fourth-order valence-corrected chi connectivity index (χ4v) is 3.56. The maximum Gasteiger partial charge on any atom is 0.285 e. The zero-order chi connectivity index (χ0) is 15.5. The van der Waals surface area contributed by atoms with Crippen LogP contribution in [-0.2, 0) is 4.79 Å². The van der Waals surface area contributed by atoms with Crippen LogP contribution in [0.4, 0.5) is 0 Å². The summed E-state index contributed by atoms with van der Waals surface area (Å²) in [6, 6.07) is 7.73. The summed E-state index contributed by atoms with van der Waals surface area (Å²) in [7, 11) is 0. The lowest BCUT2D eigenvalue weighted by molar-refractivity contribution is -0.113. The molecule has 0 atom stereocenters. The average Bonchev–Trinajstić information content (AvgIpc) is 2.88. The summed E-state index contributed by atoms with van der Waals surface area (Å²) in [4.78, 5) is 20.8. The molecule has 112 valence electrons. The summed E-state index contributed by atoms with van der Waals surface area (Å²) in [6.45, 7) is 2.55. The van der Waals surface area contributed by atoms with Gasteiger partial charge in [-0.1, -0.05) is 17.8 Å². The molecule has 3 rings (SSSR count). The number of hydrogen-bond donors (Lipinski definition) is 0. The van der Waals surface area contributed by atoms with Gasteiger partial charge in [0.2, 0.25) is 0 Å². The number of ether oxygens (including phenoxy) is 1. The third kappa shape index (κ3) is 3.03. The van der Waals surface area contributed by atoms with Gasteiger partial charge in [-0.25, -0.2) is 0 Å². The smallest absolute Gasteiger partial charge is 0.285 e. The van der Waals surface area contributed by atoms with Crippen molar-refractivity contribution < 1.29 is 9.53 Å². The predicted molar refractivity (Wildman–Crippen MR) is 94.4 cm³/mol. The third-order valence-corrected chi connectivity index (χ3v) is 5.07. The molecule has 4 nitrogen and oxygen atoms in total. The van der Waals surface area contributed by atoms with E-state index in [1.54, 1.807) is 6.20 Å². The van der Waals surface area contributed by atoms with Crippen molar-refractivity contribution in [2.75, 3.05) is 12.9 Å². The monoisotopic (exact) mass is 330 g/mol. The van der Waals surface area contributed by atoms with Gasteiger partial charge in [-0.3, -0.25) is 9.78 Å². The first-order chi connectivity index (χ1) is 10.7. The first kappa shape index (κ1) is 15.1. The number of carbonyl (C=O) groups is 1. The molecule has 0 aliphatic carbocycles. The number of aliphatic imine (C=N–C) groups is 1. The fraction of sp³-hybridized carbons (Fsp3) is 0.188. The van der Waals surface area contributed by atoms with Crippen LogP contribution in [0.3, 0.4) is 0 Å². The summed E-state index contributed by atoms with van der Waals surface area (Å²) in [5.41, 5.74) is 1.81. The Kier molecular flexibility index (Phi) is 4.49. The number of pyridine rings is 1. The SMILES string of the molecule is CCOc1ccnc2ccc(/C=C3/SC(SC)=NC3=O)cc12. The van der Waals surface area contributed by atoms with Crippen molar-refractivity contribution in [3.8, 4) is 5.75 Å². The number of amides is 1. The van der Waals surface area contributed by atoms with Crippen LogP contribution in [0.2, 0.25) is 0 Å². The number of thioether (sulfide) groups is 2. The minimum absolute atomic E-state index is 0.175. The Morgan fingerprint density at radius 2 is 2.23 bits per heavy atom. The number of hydrogen-bond acceptors (Lipinski definition) is 5. The van der Waals surface area contributed by atoms with Crippen LogP contribution >= 0.6 is 23.5 Å². The summed E-state index contributed by atoms with van der Waals surface area (Å²) in [5, 5.41) is 0.945. The normalized spacial score (nSPS) is 16.4. The predicted octanol–water partition coefficient (Wildman–Crippen LogP) is 3.97. The maximum absolute atomic E-state index is 11.9. The van der Waals surface area contributed by atoms with Crippen molar-refractivity contribution in [2.45, 2.75) is 6.92 Å². The molecule has 1 amide bonds. The minimum atomic E-state index is -0.175. The maximum atomic E-state index is 11.9. The van der Waals surface area contributed by atoms with Crippen LogP contribution in [0, 0.1) is 0 Å². The van der Waals surface area contributed by atoms with Crippen LogP contribution in [0.5, 0.6) is 5.75 Å². The van der Waals surface area contributed by atoms with Gasteiger partial charge in [0.15, 0.2) is 0 Å². The Hall–Kier alpha value is -1.79. The van der Waals surface area contributed by atoms with E-state index in [0.29, 0.717) is 11.5 Å². The van der Waals surface area contributed by atoms with Crippen molar-refractivity contribution in [1.82, 2.24) is 4.98 Å². The van der Waals surface area contributed by atoms with Gasteiger partial charge in [-0.05, 0) is 43.0 Å².